The van der Waals surface area contributed by atoms with E-state index in [0.717, 1.165) is 0 Å². The lowest BCUT2D eigenvalue weighted by atomic mass is 10.3. The van der Waals surface area contributed by atoms with Crippen LogP contribution < -0.4 is 9.46 Å². The summed E-state index contributed by atoms with van der Waals surface area (Å²) in [6, 6.07) is 8.65. The van der Waals surface area contributed by atoms with Gasteiger partial charge < -0.3 is 9.26 Å². The molecule has 1 N–H and O–H groups in total. The van der Waals surface area contributed by atoms with Crippen LogP contribution in [-0.2, 0) is 10.0 Å². The number of nitrogens with zero attached hydrogens (tertiary/aromatic N) is 2. The molecule has 0 saturated heterocycles. The van der Waals surface area contributed by atoms with E-state index in [-0.39, 0.29) is 10.7 Å². The van der Waals surface area contributed by atoms with Crippen LogP contribution >= 0.6 is 0 Å². The number of aromatic nitrogens is 1. The maximum Gasteiger partial charge on any atom is 0.267 e. The van der Waals surface area contributed by atoms with E-state index in [0.29, 0.717) is 36.6 Å². The Morgan fingerprint density at radius 2 is 2.17 bits per heavy atom. The van der Waals surface area contributed by atoms with Crippen molar-refractivity contribution in [2.45, 2.75) is 31.6 Å². The van der Waals surface area contributed by atoms with E-state index in [4.69, 9.17) is 14.5 Å². The number of aryl methyl sites for hydroxylation is 2. The first-order chi connectivity index (χ1) is 10.9. The number of anilines is 1. The van der Waals surface area contributed by atoms with E-state index in [2.05, 4.69) is 9.88 Å². The molecule has 1 aromatic carbocycles. The Balaban J connectivity index is 2.13. The maximum absolute atomic E-state index is 12.4. The van der Waals surface area contributed by atoms with E-state index < -0.39 is 10.0 Å². The molecule has 0 atom stereocenters. The van der Waals surface area contributed by atoms with Gasteiger partial charge in [-0.1, -0.05) is 11.2 Å². The fraction of sp³-hybridized carbons (Fsp3) is 0.333. The summed E-state index contributed by atoms with van der Waals surface area (Å²) < 4.78 is 37.7. The Bertz CT molecular complexity index is 802. The van der Waals surface area contributed by atoms with Crippen molar-refractivity contribution in [2.75, 3.05) is 11.3 Å². The molecule has 1 heterocycles. The molecule has 7 nitrogen and oxygen atoms in total. The summed E-state index contributed by atoms with van der Waals surface area (Å²) >= 11 is 0. The number of hydrogen-bond donors (Lipinski definition) is 1. The van der Waals surface area contributed by atoms with E-state index in [9.17, 15) is 8.42 Å². The molecule has 8 heteroatoms. The third-order valence-corrected chi connectivity index (χ3v) is 4.65. The molecule has 0 spiro atoms. The summed E-state index contributed by atoms with van der Waals surface area (Å²) in [7, 11) is -3.78. The summed E-state index contributed by atoms with van der Waals surface area (Å²) in [5.41, 5.74) is 0.682. The first-order valence-electron chi connectivity index (χ1n) is 6.99. The summed E-state index contributed by atoms with van der Waals surface area (Å²) in [6.07, 6.45) is 1.03. The molecule has 0 saturated carbocycles. The molecule has 0 aliphatic rings. The van der Waals surface area contributed by atoms with Crippen molar-refractivity contribution in [3.8, 4) is 11.8 Å². The quantitative estimate of drug-likeness (QED) is 0.780. The van der Waals surface area contributed by atoms with E-state index in [1.807, 2.05) is 6.07 Å². The number of nitriles is 1. The largest absolute Gasteiger partial charge is 0.493 e. The van der Waals surface area contributed by atoms with Gasteiger partial charge in [-0.05, 0) is 32.4 Å². The van der Waals surface area contributed by atoms with Crippen LogP contribution in [0.1, 0.15) is 24.3 Å². The minimum atomic E-state index is -3.78. The predicted molar refractivity (Wildman–Crippen MR) is 83.6 cm³/mol. The topological polar surface area (TPSA) is 105 Å². The highest BCUT2D eigenvalue weighted by atomic mass is 32.2. The number of hydrogen-bond acceptors (Lipinski definition) is 6. The smallest absolute Gasteiger partial charge is 0.267 e. The highest BCUT2D eigenvalue weighted by molar-refractivity contribution is 7.92. The zero-order chi connectivity index (χ0) is 16.9. The fourth-order valence-corrected chi connectivity index (χ4v) is 3.44. The van der Waals surface area contributed by atoms with Gasteiger partial charge in [-0.15, -0.1) is 0 Å². The van der Waals surface area contributed by atoms with Gasteiger partial charge in [0, 0.05) is 12.5 Å². The third kappa shape index (κ3) is 4.23. The van der Waals surface area contributed by atoms with Crippen LogP contribution in [0.2, 0.25) is 0 Å². The van der Waals surface area contributed by atoms with Crippen LogP contribution in [0.3, 0.4) is 0 Å². The molecule has 0 fully saturated rings. The van der Waals surface area contributed by atoms with Gasteiger partial charge >= 0.3 is 0 Å². The van der Waals surface area contributed by atoms with Gasteiger partial charge in [-0.2, -0.15) is 5.26 Å². The van der Waals surface area contributed by atoms with E-state index >= 15 is 0 Å². The molecular weight excluding hydrogens is 318 g/mol. The monoisotopic (exact) mass is 335 g/mol. The second kappa shape index (κ2) is 7.15. The zero-order valence-electron chi connectivity index (χ0n) is 12.9. The standard InChI is InChI=1S/C15H17N3O4S/c1-11-15(12(2)22-17-11)23(19,20)18-13-6-5-7-14(10-13)21-9-4-3-8-16/h5-7,10,18H,3-4,9H2,1-2H3. The zero-order valence-corrected chi connectivity index (χ0v) is 13.7. The van der Waals surface area contributed by atoms with Gasteiger partial charge in [-0.25, -0.2) is 8.42 Å². The SMILES string of the molecule is Cc1noc(C)c1S(=O)(=O)Nc1cccc(OCCCC#N)c1. The molecular formula is C15H17N3O4S. The third-order valence-electron chi connectivity index (χ3n) is 3.02. The van der Waals surface area contributed by atoms with Gasteiger partial charge in [0.25, 0.3) is 10.0 Å². The fourth-order valence-electron chi connectivity index (χ4n) is 2.06. The summed E-state index contributed by atoms with van der Waals surface area (Å²) in [4.78, 5) is 0.0397. The minimum absolute atomic E-state index is 0.0397. The highest BCUT2D eigenvalue weighted by Crippen LogP contribution is 2.24. The molecule has 2 rings (SSSR count). The predicted octanol–water partition coefficient (Wildman–Crippen LogP) is 2.77. The molecule has 1 aromatic heterocycles. The van der Waals surface area contributed by atoms with Crippen molar-refractivity contribution in [2.24, 2.45) is 0 Å². The number of ether oxygens (including phenoxy) is 1. The Labute approximate surface area is 134 Å². The van der Waals surface area contributed by atoms with Crippen molar-refractivity contribution in [1.82, 2.24) is 5.16 Å². The molecule has 0 aliphatic carbocycles. The molecule has 0 aliphatic heterocycles. The number of unbranched alkanes of at least 4 members (excludes halogenated alkanes) is 1. The van der Waals surface area contributed by atoms with Gasteiger partial charge in [0.05, 0.1) is 18.4 Å². The Morgan fingerprint density at radius 3 is 2.83 bits per heavy atom. The number of sulfonamides is 1. The molecule has 23 heavy (non-hydrogen) atoms. The molecule has 0 unspecified atom stereocenters. The van der Waals surface area contributed by atoms with Crippen molar-refractivity contribution >= 4 is 15.7 Å². The van der Waals surface area contributed by atoms with Crippen LogP contribution in [-0.4, -0.2) is 20.2 Å². The lowest BCUT2D eigenvalue weighted by Gasteiger charge is -2.10. The summed E-state index contributed by atoms with van der Waals surface area (Å²) in [5.74, 6) is 0.765. The van der Waals surface area contributed by atoms with Gasteiger partial charge in [-0.3, -0.25) is 4.72 Å². The first kappa shape index (κ1) is 16.8. The van der Waals surface area contributed by atoms with Crippen molar-refractivity contribution < 1.29 is 17.7 Å². The van der Waals surface area contributed by atoms with Crippen molar-refractivity contribution in [1.29, 1.82) is 5.26 Å². The Hall–Kier alpha value is -2.53. The molecule has 2 aromatic rings. The van der Waals surface area contributed by atoms with Gasteiger partial charge in [0.15, 0.2) is 10.7 Å². The average Bonchev–Trinajstić information content (AvgIpc) is 2.83. The number of nitrogens with one attached hydrogen (secondary N) is 1. The van der Waals surface area contributed by atoms with E-state index in [1.54, 1.807) is 38.1 Å². The van der Waals surface area contributed by atoms with Gasteiger partial charge in [0.1, 0.15) is 11.4 Å². The number of benzene rings is 1. The van der Waals surface area contributed by atoms with Crippen LogP contribution in [0.25, 0.3) is 0 Å². The van der Waals surface area contributed by atoms with Gasteiger partial charge in [0.2, 0.25) is 0 Å². The second-order valence-electron chi connectivity index (χ2n) is 4.90. The van der Waals surface area contributed by atoms with E-state index in [1.165, 1.54) is 0 Å². The lowest BCUT2D eigenvalue weighted by molar-refractivity contribution is 0.313. The van der Waals surface area contributed by atoms with Crippen LogP contribution in [0.4, 0.5) is 5.69 Å². The molecule has 0 bridgehead atoms. The molecule has 122 valence electrons. The summed E-state index contributed by atoms with van der Waals surface area (Å²) in [5, 5.41) is 12.1. The average molecular weight is 335 g/mol. The van der Waals surface area contributed by atoms with Crippen LogP contribution in [0, 0.1) is 25.2 Å². The highest BCUT2D eigenvalue weighted by Gasteiger charge is 2.24. The van der Waals surface area contributed by atoms with Crippen molar-refractivity contribution in [3.05, 3.63) is 35.7 Å². The molecule has 0 amide bonds. The Morgan fingerprint density at radius 1 is 1.39 bits per heavy atom. The maximum atomic E-state index is 12.4. The lowest BCUT2D eigenvalue weighted by Crippen LogP contribution is -2.14. The number of rotatable bonds is 7. The Kier molecular flexibility index (Phi) is 5.24. The second-order valence-corrected chi connectivity index (χ2v) is 6.52. The molecule has 0 radical (unpaired) electrons. The van der Waals surface area contributed by atoms with Crippen LogP contribution in [0.15, 0.2) is 33.7 Å². The minimum Gasteiger partial charge on any atom is -0.493 e. The van der Waals surface area contributed by atoms with Crippen molar-refractivity contribution in [3.63, 3.8) is 0 Å². The normalized spacial score (nSPS) is 11.0. The first-order valence-corrected chi connectivity index (χ1v) is 8.48. The van der Waals surface area contributed by atoms with Crippen LogP contribution in [0.5, 0.6) is 5.75 Å². The summed E-state index contributed by atoms with van der Waals surface area (Å²) in [6.45, 7) is 3.51.